The van der Waals surface area contributed by atoms with Gasteiger partial charge in [0.15, 0.2) is 0 Å². The summed E-state index contributed by atoms with van der Waals surface area (Å²) in [5, 5.41) is 2.78. The molecule has 7 nitrogen and oxygen atoms in total. The number of nitrogens with one attached hydrogen (secondary N) is 1. The first kappa shape index (κ1) is 19.7. The zero-order chi connectivity index (χ0) is 22.2. The molecular formula is C25H20N4O3. The van der Waals surface area contributed by atoms with Crippen LogP contribution in [0.15, 0.2) is 77.8 Å². The lowest BCUT2D eigenvalue weighted by Crippen LogP contribution is -2.46. The third-order valence-electron chi connectivity index (χ3n) is 5.71. The van der Waals surface area contributed by atoms with Gasteiger partial charge in [-0.1, -0.05) is 48.5 Å². The van der Waals surface area contributed by atoms with Crippen molar-refractivity contribution in [2.45, 2.75) is 12.6 Å². The molecule has 158 valence electrons. The van der Waals surface area contributed by atoms with Crippen molar-refractivity contribution < 1.29 is 14.4 Å². The van der Waals surface area contributed by atoms with E-state index in [-0.39, 0.29) is 11.8 Å². The Balaban J connectivity index is 1.66. The fourth-order valence-electron chi connectivity index (χ4n) is 4.21. The standard InChI is InChI=1S/C25H20N4O3/c26-22(30)18-13-17-11-12-29-21(17)19(14-18)20(15-7-3-1-4-8-15)27-23(25(29)32)28-24(31)16-9-5-2-6-10-16/h1-10,13-14,23H,11-12H2,(H2,26,30)(H,28,31). The van der Waals surface area contributed by atoms with Crippen molar-refractivity contribution in [3.8, 4) is 0 Å². The fraction of sp³-hybridized carbons (Fsp3) is 0.120. The minimum Gasteiger partial charge on any atom is -0.366 e. The summed E-state index contributed by atoms with van der Waals surface area (Å²) < 4.78 is 0. The summed E-state index contributed by atoms with van der Waals surface area (Å²) in [5.74, 6) is -1.24. The highest BCUT2D eigenvalue weighted by molar-refractivity contribution is 6.22. The van der Waals surface area contributed by atoms with Crippen LogP contribution in [0.2, 0.25) is 0 Å². The van der Waals surface area contributed by atoms with E-state index >= 15 is 0 Å². The number of hydrogen-bond acceptors (Lipinski definition) is 4. The Morgan fingerprint density at radius 3 is 2.34 bits per heavy atom. The lowest BCUT2D eigenvalue weighted by molar-refractivity contribution is -0.120. The molecule has 3 amide bonds. The van der Waals surface area contributed by atoms with Gasteiger partial charge >= 0.3 is 0 Å². The monoisotopic (exact) mass is 424 g/mol. The highest BCUT2D eigenvalue weighted by Crippen LogP contribution is 2.37. The quantitative estimate of drug-likeness (QED) is 0.671. The van der Waals surface area contributed by atoms with Crippen LogP contribution in [0, 0.1) is 0 Å². The van der Waals surface area contributed by atoms with E-state index in [0.29, 0.717) is 35.4 Å². The highest BCUT2D eigenvalue weighted by atomic mass is 16.2. The van der Waals surface area contributed by atoms with Gasteiger partial charge in [-0.3, -0.25) is 14.4 Å². The molecule has 0 fully saturated rings. The van der Waals surface area contributed by atoms with Gasteiger partial charge in [-0.25, -0.2) is 4.99 Å². The Bertz CT molecular complexity index is 1270. The summed E-state index contributed by atoms with van der Waals surface area (Å²) >= 11 is 0. The maximum atomic E-state index is 13.4. The van der Waals surface area contributed by atoms with Gasteiger partial charge in [-0.15, -0.1) is 0 Å². The molecular weight excluding hydrogens is 404 g/mol. The van der Waals surface area contributed by atoms with Crippen LogP contribution >= 0.6 is 0 Å². The van der Waals surface area contributed by atoms with Crippen LogP contribution in [0.3, 0.4) is 0 Å². The molecule has 2 aliphatic heterocycles. The van der Waals surface area contributed by atoms with E-state index in [1.807, 2.05) is 36.4 Å². The van der Waals surface area contributed by atoms with Crippen LogP contribution in [0.4, 0.5) is 5.69 Å². The first-order valence-electron chi connectivity index (χ1n) is 10.3. The Morgan fingerprint density at radius 1 is 0.969 bits per heavy atom. The molecule has 0 bridgehead atoms. The van der Waals surface area contributed by atoms with Crippen molar-refractivity contribution >= 4 is 29.1 Å². The molecule has 0 saturated heterocycles. The smallest absolute Gasteiger partial charge is 0.272 e. The van der Waals surface area contributed by atoms with Crippen LogP contribution in [0.1, 0.15) is 37.4 Å². The molecule has 3 aromatic carbocycles. The van der Waals surface area contributed by atoms with Crippen LogP contribution < -0.4 is 16.0 Å². The number of hydrogen-bond donors (Lipinski definition) is 2. The zero-order valence-electron chi connectivity index (χ0n) is 17.1. The SMILES string of the molecule is NC(=O)c1cc2c3c(c1)C(c1ccccc1)=NC(NC(=O)c1ccccc1)C(=O)N3CC2. The second-order valence-electron chi connectivity index (χ2n) is 7.72. The van der Waals surface area contributed by atoms with Crippen LogP contribution in [-0.4, -0.2) is 36.1 Å². The van der Waals surface area contributed by atoms with Gasteiger partial charge in [0.25, 0.3) is 11.8 Å². The average Bonchev–Trinajstić information content (AvgIpc) is 3.21. The average molecular weight is 424 g/mol. The second kappa shape index (κ2) is 7.77. The first-order valence-corrected chi connectivity index (χ1v) is 10.3. The van der Waals surface area contributed by atoms with Gasteiger partial charge in [-0.2, -0.15) is 0 Å². The molecule has 0 aliphatic carbocycles. The predicted octanol–water partition coefficient (Wildman–Crippen LogP) is 2.28. The van der Waals surface area contributed by atoms with Crippen molar-refractivity contribution in [2.75, 3.05) is 11.4 Å². The molecule has 1 atom stereocenters. The van der Waals surface area contributed by atoms with Crippen molar-refractivity contribution in [1.29, 1.82) is 0 Å². The van der Waals surface area contributed by atoms with Gasteiger partial charge < -0.3 is 16.0 Å². The molecule has 0 radical (unpaired) electrons. The van der Waals surface area contributed by atoms with E-state index in [0.717, 1.165) is 16.8 Å². The van der Waals surface area contributed by atoms with Crippen molar-refractivity contribution in [3.63, 3.8) is 0 Å². The van der Waals surface area contributed by atoms with E-state index in [1.54, 1.807) is 41.3 Å². The normalized spacial score (nSPS) is 16.8. The maximum absolute atomic E-state index is 13.4. The Hall–Kier alpha value is -4.26. The molecule has 7 heteroatoms. The van der Waals surface area contributed by atoms with E-state index in [4.69, 9.17) is 10.7 Å². The molecule has 0 saturated carbocycles. The fourth-order valence-corrected chi connectivity index (χ4v) is 4.21. The Labute approximate surface area is 184 Å². The van der Waals surface area contributed by atoms with E-state index in [1.165, 1.54) is 0 Å². The number of benzene rings is 3. The molecule has 3 N–H and O–H groups in total. The summed E-state index contributed by atoms with van der Waals surface area (Å²) in [7, 11) is 0. The number of amides is 3. The van der Waals surface area contributed by atoms with E-state index in [2.05, 4.69) is 5.32 Å². The zero-order valence-corrected chi connectivity index (χ0v) is 17.1. The number of nitrogens with zero attached hydrogens (tertiary/aromatic N) is 2. The second-order valence-corrected chi connectivity index (χ2v) is 7.72. The van der Waals surface area contributed by atoms with Gasteiger partial charge in [0.1, 0.15) is 0 Å². The van der Waals surface area contributed by atoms with Gasteiger partial charge in [-0.05, 0) is 36.2 Å². The highest BCUT2D eigenvalue weighted by Gasteiger charge is 2.37. The first-order chi connectivity index (χ1) is 15.5. The third kappa shape index (κ3) is 3.33. The minimum atomic E-state index is -1.10. The molecule has 2 aliphatic rings. The summed E-state index contributed by atoms with van der Waals surface area (Å²) in [4.78, 5) is 44.6. The van der Waals surface area contributed by atoms with Crippen molar-refractivity contribution in [1.82, 2.24) is 5.32 Å². The number of nitrogens with two attached hydrogens (primary N) is 1. The van der Waals surface area contributed by atoms with Gasteiger partial charge in [0.2, 0.25) is 12.1 Å². The lowest BCUT2D eigenvalue weighted by atomic mass is 9.95. The number of rotatable bonds is 4. The minimum absolute atomic E-state index is 0.313. The summed E-state index contributed by atoms with van der Waals surface area (Å²) in [6.45, 7) is 0.443. The molecule has 2 heterocycles. The van der Waals surface area contributed by atoms with E-state index in [9.17, 15) is 14.4 Å². The predicted molar refractivity (Wildman–Crippen MR) is 121 cm³/mol. The largest absolute Gasteiger partial charge is 0.366 e. The molecule has 5 rings (SSSR count). The van der Waals surface area contributed by atoms with Gasteiger partial charge in [0, 0.05) is 28.8 Å². The Kier molecular flexibility index (Phi) is 4.78. The molecule has 0 aromatic heterocycles. The number of primary amides is 1. The van der Waals surface area contributed by atoms with Crippen LogP contribution in [-0.2, 0) is 11.2 Å². The number of anilines is 1. The summed E-state index contributed by atoms with van der Waals surface area (Å²) in [6, 6.07) is 21.5. The summed E-state index contributed by atoms with van der Waals surface area (Å²) in [5.41, 5.74) is 9.93. The molecule has 1 unspecified atom stereocenters. The Morgan fingerprint density at radius 2 is 1.66 bits per heavy atom. The lowest BCUT2D eigenvalue weighted by Gasteiger charge is -2.21. The van der Waals surface area contributed by atoms with Crippen molar-refractivity contribution in [2.24, 2.45) is 10.7 Å². The van der Waals surface area contributed by atoms with Crippen LogP contribution in [0.5, 0.6) is 0 Å². The van der Waals surface area contributed by atoms with E-state index < -0.39 is 12.1 Å². The number of aliphatic imine (C=N–C) groups is 1. The maximum Gasteiger partial charge on any atom is 0.272 e. The molecule has 32 heavy (non-hydrogen) atoms. The number of carbonyl (C=O) groups is 3. The number of carbonyl (C=O) groups excluding carboxylic acids is 3. The molecule has 3 aromatic rings. The summed E-state index contributed by atoms with van der Waals surface area (Å²) in [6.07, 6.45) is -0.510. The molecule has 0 spiro atoms. The van der Waals surface area contributed by atoms with Crippen LogP contribution in [0.25, 0.3) is 0 Å². The van der Waals surface area contributed by atoms with Crippen molar-refractivity contribution in [3.05, 3.63) is 101 Å². The third-order valence-corrected chi connectivity index (χ3v) is 5.71. The van der Waals surface area contributed by atoms with Gasteiger partial charge in [0.05, 0.1) is 11.4 Å². The topological polar surface area (TPSA) is 105 Å².